The fourth-order valence-corrected chi connectivity index (χ4v) is 3.82. The first-order valence-electron chi connectivity index (χ1n) is 10.9. The quantitative estimate of drug-likeness (QED) is 0.287. The molecule has 0 spiro atoms. The van der Waals surface area contributed by atoms with Gasteiger partial charge in [0, 0.05) is 17.1 Å². The second-order valence-electron chi connectivity index (χ2n) is 10.6. The third-order valence-corrected chi connectivity index (χ3v) is 6.17. The van der Waals surface area contributed by atoms with Crippen molar-refractivity contribution in [1.82, 2.24) is 4.90 Å². The number of ether oxygens (including phenoxy) is 1. The second kappa shape index (κ2) is 15.2. The predicted octanol–water partition coefficient (Wildman–Crippen LogP) is 6.53. The highest BCUT2D eigenvalue weighted by Crippen LogP contribution is 2.34. The van der Waals surface area contributed by atoms with E-state index in [9.17, 15) is 22.4 Å². The van der Waals surface area contributed by atoms with Crippen LogP contribution in [0.2, 0.25) is 10.1 Å². The molecule has 0 aliphatic heterocycles. The number of rotatable bonds is 8. The van der Waals surface area contributed by atoms with Gasteiger partial charge in [-0.15, -0.1) is 12.4 Å². The molecule has 0 heterocycles. The molecule has 0 fully saturated rings. The number of nitrogens with zero attached hydrogens (tertiary/aromatic N) is 1. The molecule has 0 aliphatic rings. The summed E-state index contributed by atoms with van der Waals surface area (Å²) < 4.78 is 58.9. The van der Waals surface area contributed by atoms with Crippen molar-refractivity contribution in [3.63, 3.8) is 0 Å². The van der Waals surface area contributed by atoms with Crippen molar-refractivity contribution < 1.29 is 31.5 Å². The van der Waals surface area contributed by atoms with Crippen molar-refractivity contribution in [3.05, 3.63) is 34.3 Å². The number of hydrogen-bond acceptors (Lipinski definition) is 4. The lowest BCUT2D eigenvalue weighted by Gasteiger charge is -2.32. The molecule has 1 aromatic rings. The Morgan fingerprint density at radius 2 is 1.57 bits per heavy atom. The maximum Gasteiger partial charge on any atom is 0.410 e. The van der Waals surface area contributed by atoms with Crippen LogP contribution >= 0.6 is 24.0 Å². The van der Waals surface area contributed by atoms with Crippen LogP contribution in [0.25, 0.3) is 0 Å². The van der Waals surface area contributed by atoms with Gasteiger partial charge in [0.05, 0.1) is 18.7 Å². The molecule has 0 radical (unpaired) electrons. The maximum absolute atomic E-state index is 13.0. The number of amides is 1. The number of hydrogen-bond donors (Lipinski definition) is 1. The zero-order valence-corrected chi connectivity index (χ0v) is 24.7. The van der Waals surface area contributed by atoms with Crippen LogP contribution < -0.4 is 5.73 Å². The smallest absolute Gasteiger partial charge is 0.410 e. The van der Waals surface area contributed by atoms with E-state index in [4.69, 9.17) is 20.8 Å². The number of nitrogens with two attached hydrogens (primary N) is 1. The molecule has 35 heavy (non-hydrogen) atoms. The van der Waals surface area contributed by atoms with Gasteiger partial charge in [0.15, 0.2) is 9.76 Å². The minimum absolute atomic E-state index is 0. The molecule has 0 aromatic heterocycles. The van der Waals surface area contributed by atoms with Crippen molar-refractivity contribution >= 4 is 39.9 Å². The predicted molar refractivity (Wildman–Crippen MR) is 139 cm³/mol. The van der Waals surface area contributed by atoms with Gasteiger partial charge in [-0.05, 0) is 57.4 Å². The Labute approximate surface area is 220 Å². The minimum atomic E-state index is -2.66. The third kappa shape index (κ3) is 16.3. The molecule has 12 heteroatoms. The van der Waals surface area contributed by atoms with E-state index in [-0.39, 0.29) is 24.0 Å². The molecule has 2 N–H and O–H groups in total. The summed E-state index contributed by atoms with van der Waals surface area (Å²) in [5.74, 6) is 0. The topological polar surface area (TPSA) is 64.8 Å². The summed E-state index contributed by atoms with van der Waals surface area (Å²) >= 11 is 6.41. The Bertz CT molecular complexity index is 774. The molecule has 206 valence electrons. The van der Waals surface area contributed by atoms with Gasteiger partial charge in [0.2, 0.25) is 0 Å². The molecule has 0 saturated heterocycles. The summed E-state index contributed by atoms with van der Waals surface area (Å²) in [5, 5.41) is 0.658. The third-order valence-electron chi connectivity index (χ3n) is 4.11. The normalized spacial score (nSPS) is 12.5. The van der Waals surface area contributed by atoms with Crippen LogP contribution in [-0.2, 0) is 21.3 Å². The van der Waals surface area contributed by atoms with Crippen molar-refractivity contribution in [2.75, 3.05) is 13.1 Å². The Hall–Kier alpha value is -1.07. The number of benzene rings is 1. The Kier molecular flexibility index (Phi) is 15.7. The van der Waals surface area contributed by atoms with Crippen LogP contribution in [0.4, 0.5) is 22.4 Å². The molecule has 1 amide bonds. The van der Waals surface area contributed by atoms with Crippen LogP contribution in [0.3, 0.4) is 0 Å². The molecule has 0 unspecified atom stereocenters. The molecular weight excluding hydrogens is 527 g/mol. The van der Waals surface area contributed by atoms with E-state index in [1.165, 1.54) is 0 Å². The Morgan fingerprint density at radius 3 is 1.97 bits per heavy atom. The number of halogens is 6. The van der Waals surface area contributed by atoms with Crippen molar-refractivity contribution in [2.24, 2.45) is 5.73 Å². The molecule has 0 saturated carbocycles. The maximum atomic E-state index is 13.0. The molecule has 1 rings (SSSR count). The first-order valence-corrected chi connectivity index (χ1v) is 12.6. The van der Waals surface area contributed by atoms with E-state index < -0.39 is 53.0 Å². The fraction of sp³-hybridized carbons (Fsp3) is 0.696. The van der Waals surface area contributed by atoms with Crippen molar-refractivity contribution in [1.29, 1.82) is 0 Å². The van der Waals surface area contributed by atoms with Gasteiger partial charge in [-0.2, -0.15) is 0 Å². The van der Waals surface area contributed by atoms with E-state index in [0.717, 1.165) is 10.5 Å². The highest BCUT2D eigenvalue weighted by atomic mass is 35.5. The summed E-state index contributed by atoms with van der Waals surface area (Å²) in [7, 11) is -0.838. The highest BCUT2D eigenvalue weighted by Gasteiger charge is 2.28. The lowest BCUT2D eigenvalue weighted by atomic mass is 9.96. The van der Waals surface area contributed by atoms with E-state index in [1.54, 1.807) is 32.9 Å². The average Bonchev–Trinajstić information content (AvgIpc) is 2.65. The van der Waals surface area contributed by atoms with Crippen molar-refractivity contribution in [2.45, 2.75) is 91.0 Å². The molecular formula is C23H40Cl2F4N2O3Si. The first-order chi connectivity index (χ1) is 15.3. The summed E-state index contributed by atoms with van der Waals surface area (Å²) in [6.07, 6.45) is -5.77. The number of carbonyl (C=O) groups is 1. The van der Waals surface area contributed by atoms with Crippen LogP contribution in [0.15, 0.2) is 18.2 Å². The largest absolute Gasteiger partial charge is 0.444 e. The van der Waals surface area contributed by atoms with Gasteiger partial charge in [0.25, 0.3) is 12.9 Å². The van der Waals surface area contributed by atoms with Gasteiger partial charge in [-0.1, -0.05) is 38.4 Å². The lowest BCUT2D eigenvalue weighted by Crippen LogP contribution is -2.39. The summed E-state index contributed by atoms with van der Waals surface area (Å²) in [6.45, 7) is 14.2. The van der Waals surface area contributed by atoms with Gasteiger partial charge < -0.3 is 14.9 Å². The monoisotopic (exact) mass is 566 g/mol. The van der Waals surface area contributed by atoms with E-state index >= 15 is 0 Å². The SMILES string of the molecule is CC(C)(C)OC(=O)N(Cc1ccc(Cl)c(C(C)(C)O[SiH2]C(C)(C)C)c1)CC(F)F.Cl.NCC(F)F. The van der Waals surface area contributed by atoms with Gasteiger partial charge in [-0.3, -0.25) is 4.90 Å². The first kappa shape index (κ1) is 36.1. The van der Waals surface area contributed by atoms with Gasteiger partial charge in [-0.25, -0.2) is 22.4 Å². The highest BCUT2D eigenvalue weighted by molar-refractivity contribution is 6.32. The van der Waals surface area contributed by atoms with Crippen LogP contribution in [0.5, 0.6) is 0 Å². The zero-order valence-electron chi connectivity index (χ0n) is 21.8. The van der Waals surface area contributed by atoms with Crippen molar-refractivity contribution in [3.8, 4) is 0 Å². The molecule has 0 atom stereocenters. The number of carbonyl (C=O) groups excluding carboxylic acids is 1. The van der Waals surface area contributed by atoms with Gasteiger partial charge >= 0.3 is 6.09 Å². The standard InChI is InChI=1S/C21H34ClF2NO3Si.C2H5F2N.ClH/c1-19(2,3)27-18(26)25(13-17(23)24)12-14-9-10-16(22)15(11-14)21(7,8)28-29-20(4,5)6;3-2(4)1-5;/h9-11,17H,12-13,29H2,1-8H3;2H,1,5H2;1H. The number of alkyl halides is 4. The minimum Gasteiger partial charge on any atom is -0.444 e. The molecule has 1 aromatic carbocycles. The van der Waals surface area contributed by atoms with E-state index in [0.29, 0.717) is 10.6 Å². The molecule has 0 bridgehead atoms. The van der Waals surface area contributed by atoms with E-state index in [1.807, 2.05) is 19.9 Å². The summed E-state index contributed by atoms with van der Waals surface area (Å²) in [5.41, 5.74) is 4.49. The second-order valence-corrected chi connectivity index (χ2v) is 13.7. The van der Waals surface area contributed by atoms with E-state index in [2.05, 4.69) is 26.5 Å². The average molecular weight is 568 g/mol. The molecule has 5 nitrogen and oxygen atoms in total. The van der Waals surface area contributed by atoms with Crippen LogP contribution in [0.1, 0.15) is 66.5 Å². The van der Waals surface area contributed by atoms with Gasteiger partial charge in [0.1, 0.15) is 5.60 Å². The fourth-order valence-electron chi connectivity index (χ4n) is 2.52. The summed E-state index contributed by atoms with van der Waals surface area (Å²) in [4.78, 5) is 13.4. The summed E-state index contributed by atoms with van der Waals surface area (Å²) in [6, 6.07) is 5.26. The Morgan fingerprint density at radius 1 is 1.06 bits per heavy atom. The zero-order chi connectivity index (χ0) is 26.9. The Balaban J connectivity index is 0. The lowest BCUT2D eigenvalue weighted by molar-refractivity contribution is 0.00815. The van der Waals surface area contributed by atoms with Crippen LogP contribution in [-0.4, -0.2) is 52.3 Å². The van der Waals surface area contributed by atoms with Crippen LogP contribution in [0, 0.1) is 0 Å². The molecule has 0 aliphatic carbocycles.